The zero-order valence-electron chi connectivity index (χ0n) is 11.9. The van der Waals surface area contributed by atoms with Gasteiger partial charge in [0.25, 0.3) is 5.91 Å². The van der Waals surface area contributed by atoms with Crippen molar-refractivity contribution in [2.75, 3.05) is 12.4 Å². The van der Waals surface area contributed by atoms with Crippen molar-refractivity contribution in [2.45, 2.75) is 13.5 Å². The number of hydrogen-bond acceptors (Lipinski definition) is 1. The van der Waals surface area contributed by atoms with Crippen molar-refractivity contribution < 1.29 is 4.79 Å². The van der Waals surface area contributed by atoms with Gasteiger partial charge in [0.1, 0.15) is 0 Å². The van der Waals surface area contributed by atoms with E-state index in [1.54, 1.807) is 17.0 Å². The minimum Gasteiger partial charge on any atom is -0.333 e. The molecule has 0 heterocycles. The first-order valence-electron chi connectivity index (χ1n) is 6.77. The molecule has 110 valence electrons. The number of hydrogen-bond donors (Lipinski definition) is 0. The van der Waals surface area contributed by atoms with E-state index >= 15 is 0 Å². The first-order chi connectivity index (χ1) is 10.1. The molecular formula is C17H17Cl2NO. The van der Waals surface area contributed by atoms with Gasteiger partial charge in [0.15, 0.2) is 0 Å². The fourth-order valence-electron chi connectivity index (χ4n) is 2.12. The molecule has 0 atom stereocenters. The standard InChI is InChI=1S/C17H17Cl2NO/c1-13-7-8-15(16(19)11-13)17(21)20(10-9-18)12-14-5-3-2-4-6-14/h2-8,11H,9-10,12H2,1H3. The molecule has 0 N–H and O–H groups in total. The normalized spacial score (nSPS) is 10.4. The lowest BCUT2D eigenvalue weighted by molar-refractivity contribution is 0.0754. The van der Waals surface area contributed by atoms with Crippen LogP contribution in [0.3, 0.4) is 0 Å². The fraction of sp³-hybridized carbons (Fsp3) is 0.235. The van der Waals surface area contributed by atoms with Crippen LogP contribution in [0, 0.1) is 6.92 Å². The topological polar surface area (TPSA) is 20.3 Å². The van der Waals surface area contributed by atoms with E-state index in [0.29, 0.717) is 29.6 Å². The van der Waals surface area contributed by atoms with Crippen molar-refractivity contribution in [3.63, 3.8) is 0 Å². The molecule has 0 aliphatic rings. The molecule has 0 aliphatic carbocycles. The molecule has 2 aromatic carbocycles. The maximum absolute atomic E-state index is 12.7. The number of benzene rings is 2. The highest BCUT2D eigenvalue weighted by Gasteiger charge is 2.18. The predicted octanol–water partition coefficient (Wildman–Crippen LogP) is 4.53. The third-order valence-electron chi connectivity index (χ3n) is 3.21. The number of amides is 1. The van der Waals surface area contributed by atoms with Crippen LogP contribution < -0.4 is 0 Å². The summed E-state index contributed by atoms with van der Waals surface area (Å²) in [4.78, 5) is 14.4. The fourth-order valence-corrected chi connectivity index (χ4v) is 2.64. The zero-order chi connectivity index (χ0) is 15.2. The summed E-state index contributed by atoms with van der Waals surface area (Å²) in [7, 11) is 0. The van der Waals surface area contributed by atoms with Crippen molar-refractivity contribution >= 4 is 29.1 Å². The van der Waals surface area contributed by atoms with E-state index in [9.17, 15) is 4.79 Å². The smallest absolute Gasteiger partial charge is 0.255 e. The Balaban J connectivity index is 2.23. The Morgan fingerprint density at radius 2 is 1.86 bits per heavy atom. The van der Waals surface area contributed by atoms with Crippen LogP contribution in [0.2, 0.25) is 5.02 Å². The number of carbonyl (C=O) groups is 1. The van der Waals surface area contributed by atoms with Crippen molar-refractivity contribution in [2.24, 2.45) is 0 Å². The third kappa shape index (κ3) is 4.23. The summed E-state index contributed by atoms with van der Waals surface area (Å²) < 4.78 is 0. The maximum Gasteiger partial charge on any atom is 0.255 e. The molecule has 21 heavy (non-hydrogen) atoms. The molecule has 0 unspecified atom stereocenters. The van der Waals surface area contributed by atoms with Gasteiger partial charge in [-0.15, -0.1) is 11.6 Å². The molecule has 1 amide bonds. The van der Waals surface area contributed by atoms with Crippen LogP contribution >= 0.6 is 23.2 Å². The van der Waals surface area contributed by atoms with E-state index in [-0.39, 0.29) is 5.91 Å². The molecule has 2 nitrogen and oxygen atoms in total. The Hall–Kier alpha value is -1.51. The Labute approximate surface area is 135 Å². The van der Waals surface area contributed by atoms with Crippen molar-refractivity contribution in [1.29, 1.82) is 0 Å². The minimum atomic E-state index is -0.0931. The molecule has 0 spiro atoms. The molecule has 0 radical (unpaired) electrons. The Morgan fingerprint density at radius 3 is 2.48 bits per heavy atom. The highest BCUT2D eigenvalue weighted by molar-refractivity contribution is 6.33. The molecule has 0 fully saturated rings. The number of halogens is 2. The Kier molecular flexibility index (Phi) is 5.66. The first-order valence-corrected chi connectivity index (χ1v) is 7.68. The molecule has 2 rings (SSSR count). The van der Waals surface area contributed by atoms with Crippen LogP contribution in [-0.2, 0) is 6.54 Å². The van der Waals surface area contributed by atoms with Crippen molar-refractivity contribution in [3.05, 3.63) is 70.2 Å². The summed E-state index contributed by atoms with van der Waals surface area (Å²) in [5.74, 6) is 0.298. The second-order valence-corrected chi connectivity index (χ2v) is 5.67. The van der Waals surface area contributed by atoms with Gasteiger partial charge in [-0.25, -0.2) is 0 Å². The average molecular weight is 322 g/mol. The number of alkyl halides is 1. The van der Waals surface area contributed by atoms with Gasteiger partial charge in [0.2, 0.25) is 0 Å². The molecule has 0 saturated carbocycles. The maximum atomic E-state index is 12.7. The lowest BCUT2D eigenvalue weighted by atomic mass is 10.1. The van der Waals surface area contributed by atoms with E-state index in [4.69, 9.17) is 23.2 Å². The van der Waals surface area contributed by atoms with Gasteiger partial charge in [0, 0.05) is 19.0 Å². The van der Waals surface area contributed by atoms with E-state index in [1.807, 2.05) is 43.3 Å². The predicted molar refractivity (Wildman–Crippen MR) is 88.1 cm³/mol. The van der Waals surface area contributed by atoms with Crippen molar-refractivity contribution in [1.82, 2.24) is 4.90 Å². The second kappa shape index (κ2) is 7.48. The number of rotatable bonds is 5. The van der Waals surface area contributed by atoms with Crippen LogP contribution in [0.25, 0.3) is 0 Å². The van der Waals surface area contributed by atoms with Gasteiger partial charge >= 0.3 is 0 Å². The summed E-state index contributed by atoms with van der Waals surface area (Å²) in [6.45, 7) is 2.96. The van der Waals surface area contributed by atoms with E-state index < -0.39 is 0 Å². The molecule has 0 saturated heterocycles. The number of nitrogens with zero attached hydrogens (tertiary/aromatic N) is 1. The van der Waals surface area contributed by atoms with Gasteiger partial charge in [-0.05, 0) is 30.2 Å². The minimum absolute atomic E-state index is 0.0931. The summed E-state index contributed by atoms with van der Waals surface area (Å²) in [6.07, 6.45) is 0. The first kappa shape index (κ1) is 15.9. The number of aryl methyl sites for hydroxylation is 1. The average Bonchev–Trinajstić information content (AvgIpc) is 2.47. The van der Waals surface area contributed by atoms with Crippen LogP contribution in [0.15, 0.2) is 48.5 Å². The lowest BCUT2D eigenvalue weighted by Crippen LogP contribution is -2.32. The summed E-state index contributed by atoms with van der Waals surface area (Å²) in [5, 5.41) is 0.479. The summed E-state index contributed by atoms with van der Waals surface area (Å²) in [6, 6.07) is 15.3. The monoisotopic (exact) mass is 321 g/mol. The van der Waals surface area contributed by atoms with Gasteiger partial charge in [-0.1, -0.05) is 48.0 Å². The molecular weight excluding hydrogens is 305 g/mol. The van der Waals surface area contributed by atoms with Crippen LogP contribution in [-0.4, -0.2) is 23.2 Å². The highest BCUT2D eigenvalue weighted by Crippen LogP contribution is 2.20. The number of carbonyl (C=O) groups excluding carboxylic acids is 1. The highest BCUT2D eigenvalue weighted by atomic mass is 35.5. The molecule has 2 aromatic rings. The van der Waals surface area contributed by atoms with Gasteiger partial charge in [-0.2, -0.15) is 0 Å². The Bertz CT molecular complexity index is 613. The largest absolute Gasteiger partial charge is 0.333 e. The SMILES string of the molecule is Cc1ccc(C(=O)N(CCCl)Cc2ccccc2)c(Cl)c1. The quantitative estimate of drug-likeness (QED) is 0.741. The van der Waals surface area contributed by atoms with Crippen molar-refractivity contribution in [3.8, 4) is 0 Å². The van der Waals surface area contributed by atoms with Crippen LogP contribution in [0.5, 0.6) is 0 Å². The van der Waals surface area contributed by atoms with Crippen LogP contribution in [0.4, 0.5) is 0 Å². The Morgan fingerprint density at radius 1 is 1.14 bits per heavy atom. The zero-order valence-corrected chi connectivity index (χ0v) is 13.4. The molecule has 4 heteroatoms. The van der Waals surface area contributed by atoms with E-state index in [2.05, 4.69) is 0 Å². The molecule has 0 aromatic heterocycles. The van der Waals surface area contributed by atoms with Gasteiger partial charge in [0.05, 0.1) is 10.6 Å². The van der Waals surface area contributed by atoms with E-state index in [0.717, 1.165) is 11.1 Å². The third-order valence-corrected chi connectivity index (χ3v) is 3.69. The summed E-state index contributed by atoms with van der Waals surface area (Å²) >= 11 is 12.0. The lowest BCUT2D eigenvalue weighted by Gasteiger charge is -2.22. The van der Waals surface area contributed by atoms with Crippen LogP contribution in [0.1, 0.15) is 21.5 Å². The van der Waals surface area contributed by atoms with Gasteiger partial charge < -0.3 is 4.90 Å². The summed E-state index contributed by atoms with van der Waals surface area (Å²) in [5.41, 5.74) is 2.62. The molecule has 0 aliphatic heterocycles. The molecule has 0 bridgehead atoms. The van der Waals surface area contributed by atoms with E-state index in [1.165, 1.54) is 0 Å². The second-order valence-electron chi connectivity index (χ2n) is 4.88. The van der Waals surface area contributed by atoms with Gasteiger partial charge in [-0.3, -0.25) is 4.79 Å².